The molecule has 0 atom stereocenters. The molecular weight excluding hydrogens is 276 g/mol. The average Bonchev–Trinajstić information content (AvgIpc) is 2.84. The summed E-state index contributed by atoms with van der Waals surface area (Å²) in [4.78, 5) is 17.3. The van der Waals surface area contributed by atoms with Gasteiger partial charge in [0.05, 0.1) is 11.0 Å². The van der Waals surface area contributed by atoms with Crippen molar-refractivity contribution < 1.29 is 4.79 Å². The summed E-state index contributed by atoms with van der Waals surface area (Å²) in [5.41, 5.74) is 9.10. The van der Waals surface area contributed by atoms with Gasteiger partial charge in [-0.15, -0.1) is 0 Å². The van der Waals surface area contributed by atoms with Gasteiger partial charge in [0, 0.05) is 11.1 Å². The van der Waals surface area contributed by atoms with Crippen LogP contribution in [-0.4, -0.2) is 21.3 Å². The van der Waals surface area contributed by atoms with Crippen molar-refractivity contribution >= 4 is 22.8 Å². The van der Waals surface area contributed by atoms with Crippen molar-refractivity contribution in [3.8, 4) is 0 Å². The smallest absolute Gasteiger partial charge is 0.263 e. The molecule has 0 radical (unpaired) electrons. The van der Waals surface area contributed by atoms with Gasteiger partial charge < -0.3 is 5.73 Å². The lowest BCUT2D eigenvalue weighted by molar-refractivity contribution is 0.0962. The molecule has 3 N–H and O–H groups in total. The molecule has 0 aliphatic carbocycles. The molecule has 0 aliphatic rings. The zero-order chi connectivity index (χ0) is 15.9. The average molecular weight is 292 g/mol. The van der Waals surface area contributed by atoms with Crippen LogP contribution in [0.15, 0.2) is 42.5 Å². The zero-order valence-corrected chi connectivity index (χ0v) is 12.4. The van der Waals surface area contributed by atoms with Gasteiger partial charge in [0.25, 0.3) is 5.91 Å². The Labute approximate surface area is 127 Å². The number of amidine groups is 1. The van der Waals surface area contributed by atoms with Gasteiger partial charge in [-0.3, -0.25) is 14.8 Å². The van der Waals surface area contributed by atoms with Gasteiger partial charge in [0.2, 0.25) is 0 Å². The van der Waals surface area contributed by atoms with Crippen LogP contribution in [0.1, 0.15) is 27.3 Å². The van der Waals surface area contributed by atoms with Crippen LogP contribution in [0.5, 0.6) is 0 Å². The molecule has 3 rings (SSSR count). The molecular formula is C17H16N4O. The Morgan fingerprint density at radius 1 is 1.14 bits per heavy atom. The SMILES string of the molecule is Cc1cc(C(=N)N)cc2c1nc(C)n2C(=O)c1ccccc1. The highest BCUT2D eigenvalue weighted by atomic mass is 16.2. The zero-order valence-electron chi connectivity index (χ0n) is 12.4. The molecule has 1 aromatic heterocycles. The topological polar surface area (TPSA) is 84.8 Å². The molecule has 0 saturated heterocycles. The van der Waals surface area contributed by atoms with Crippen LogP contribution in [0.25, 0.3) is 11.0 Å². The lowest BCUT2D eigenvalue weighted by atomic mass is 10.1. The maximum atomic E-state index is 12.8. The minimum atomic E-state index is -0.138. The Balaban J connectivity index is 2.27. The number of hydrogen-bond acceptors (Lipinski definition) is 3. The van der Waals surface area contributed by atoms with E-state index in [1.54, 1.807) is 29.7 Å². The largest absolute Gasteiger partial charge is 0.384 e. The number of imidazole rings is 1. The molecule has 0 unspecified atom stereocenters. The molecule has 110 valence electrons. The van der Waals surface area contributed by atoms with Crippen LogP contribution in [-0.2, 0) is 0 Å². The standard InChI is InChI=1S/C17H16N4O/c1-10-8-13(16(18)19)9-14-15(10)20-11(2)21(14)17(22)12-6-4-3-5-7-12/h3-9H,1-2H3,(H3,18,19). The summed E-state index contributed by atoms with van der Waals surface area (Å²) in [5.74, 6) is 0.455. The number of fused-ring (bicyclic) bond motifs is 1. The second-order valence-corrected chi connectivity index (χ2v) is 5.24. The van der Waals surface area contributed by atoms with Crippen LogP contribution in [0, 0.1) is 19.3 Å². The summed E-state index contributed by atoms with van der Waals surface area (Å²) in [6.45, 7) is 3.70. The number of aromatic nitrogens is 2. The van der Waals surface area contributed by atoms with E-state index in [1.165, 1.54) is 0 Å². The Bertz CT molecular complexity index is 894. The van der Waals surface area contributed by atoms with E-state index < -0.39 is 0 Å². The van der Waals surface area contributed by atoms with E-state index in [0.717, 1.165) is 11.1 Å². The lowest BCUT2D eigenvalue weighted by Gasteiger charge is -2.07. The normalized spacial score (nSPS) is 10.8. The maximum absolute atomic E-state index is 12.8. The van der Waals surface area contributed by atoms with E-state index in [0.29, 0.717) is 22.5 Å². The van der Waals surface area contributed by atoms with Gasteiger partial charge in [-0.1, -0.05) is 18.2 Å². The molecule has 0 saturated carbocycles. The molecule has 1 heterocycles. The van der Waals surface area contributed by atoms with Crippen molar-refractivity contribution in [2.45, 2.75) is 13.8 Å². The van der Waals surface area contributed by atoms with Gasteiger partial charge in [0.15, 0.2) is 0 Å². The van der Waals surface area contributed by atoms with E-state index in [4.69, 9.17) is 11.1 Å². The van der Waals surface area contributed by atoms with E-state index in [9.17, 15) is 4.79 Å². The van der Waals surface area contributed by atoms with Crippen molar-refractivity contribution in [2.75, 3.05) is 0 Å². The summed E-state index contributed by atoms with van der Waals surface area (Å²) < 4.78 is 1.57. The predicted molar refractivity (Wildman–Crippen MR) is 86.4 cm³/mol. The van der Waals surface area contributed by atoms with E-state index >= 15 is 0 Å². The van der Waals surface area contributed by atoms with E-state index in [-0.39, 0.29) is 11.7 Å². The lowest BCUT2D eigenvalue weighted by Crippen LogP contribution is -2.15. The minimum Gasteiger partial charge on any atom is -0.384 e. The maximum Gasteiger partial charge on any atom is 0.263 e. The molecule has 5 heteroatoms. The number of aryl methyl sites for hydroxylation is 2. The number of nitrogen functional groups attached to an aromatic ring is 1. The molecule has 22 heavy (non-hydrogen) atoms. The van der Waals surface area contributed by atoms with Crippen molar-refractivity contribution in [1.29, 1.82) is 5.41 Å². The monoisotopic (exact) mass is 292 g/mol. The number of carbonyl (C=O) groups is 1. The molecule has 0 aliphatic heterocycles. The first-order chi connectivity index (χ1) is 10.5. The Morgan fingerprint density at radius 2 is 1.82 bits per heavy atom. The minimum absolute atomic E-state index is 0.0254. The third kappa shape index (κ3) is 2.16. The van der Waals surface area contributed by atoms with Gasteiger partial charge in [-0.25, -0.2) is 4.98 Å². The van der Waals surface area contributed by atoms with Gasteiger partial charge in [-0.2, -0.15) is 0 Å². The summed E-state index contributed by atoms with van der Waals surface area (Å²) >= 11 is 0. The molecule has 0 spiro atoms. The van der Waals surface area contributed by atoms with Crippen LogP contribution in [0.4, 0.5) is 0 Å². The molecule has 5 nitrogen and oxygen atoms in total. The van der Waals surface area contributed by atoms with Crippen molar-refractivity contribution in [3.05, 3.63) is 65.0 Å². The molecule has 0 fully saturated rings. The molecule has 2 aromatic carbocycles. The summed E-state index contributed by atoms with van der Waals surface area (Å²) in [7, 11) is 0. The van der Waals surface area contributed by atoms with Crippen molar-refractivity contribution in [3.63, 3.8) is 0 Å². The van der Waals surface area contributed by atoms with Crippen LogP contribution >= 0.6 is 0 Å². The Kier molecular flexibility index (Phi) is 3.25. The first-order valence-electron chi connectivity index (χ1n) is 6.93. The van der Waals surface area contributed by atoms with Gasteiger partial charge >= 0.3 is 0 Å². The molecule has 0 bridgehead atoms. The third-order valence-corrected chi connectivity index (χ3v) is 3.65. The van der Waals surface area contributed by atoms with Crippen molar-refractivity contribution in [1.82, 2.24) is 9.55 Å². The fourth-order valence-electron chi connectivity index (χ4n) is 2.58. The number of nitrogens with zero attached hydrogens (tertiary/aromatic N) is 2. The summed E-state index contributed by atoms with van der Waals surface area (Å²) in [6.07, 6.45) is 0. The van der Waals surface area contributed by atoms with Crippen molar-refractivity contribution in [2.24, 2.45) is 5.73 Å². The second-order valence-electron chi connectivity index (χ2n) is 5.24. The molecule has 3 aromatic rings. The summed E-state index contributed by atoms with van der Waals surface area (Å²) in [6, 6.07) is 12.6. The second kappa shape index (κ2) is 5.11. The highest BCUT2D eigenvalue weighted by Gasteiger charge is 2.18. The molecule has 0 amide bonds. The van der Waals surface area contributed by atoms with Crippen LogP contribution in [0.3, 0.4) is 0 Å². The Hall–Kier alpha value is -2.95. The summed E-state index contributed by atoms with van der Waals surface area (Å²) in [5, 5.41) is 7.62. The van der Waals surface area contributed by atoms with Gasteiger partial charge in [-0.05, 0) is 43.7 Å². The van der Waals surface area contributed by atoms with E-state index in [2.05, 4.69) is 4.98 Å². The highest BCUT2D eigenvalue weighted by Crippen LogP contribution is 2.23. The number of nitrogens with two attached hydrogens (primary N) is 1. The fraction of sp³-hybridized carbons (Fsp3) is 0.118. The predicted octanol–water partition coefficient (Wildman–Crippen LogP) is 2.63. The number of rotatable bonds is 2. The first-order valence-corrected chi connectivity index (χ1v) is 6.93. The fourth-order valence-corrected chi connectivity index (χ4v) is 2.58. The van der Waals surface area contributed by atoms with E-state index in [1.807, 2.05) is 31.2 Å². The van der Waals surface area contributed by atoms with Crippen LogP contribution < -0.4 is 5.73 Å². The first kappa shape index (κ1) is 14.0. The van der Waals surface area contributed by atoms with Gasteiger partial charge in [0.1, 0.15) is 11.7 Å². The number of hydrogen-bond donors (Lipinski definition) is 2. The number of nitrogens with one attached hydrogen (secondary N) is 1. The number of carbonyl (C=O) groups excluding carboxylic acids is 1. The Morgan fingerprint density at radius 3 is 2.45 bits per heavy atom. The third-order valence-electron chi connectivity index (χ3n) is 3.65. The van der Waals surface area contributed by atoms with Crippen LogP contribution in [0.2, 0.25) is 0 Å². The quantitative estimate of drug-likeness (QED) is 0.562. The number of benzene rings is 2. The highest BCUT2D eigenvalue weighted by molar-refractivity contribution is 6.04.